The van der Waals surface area contributed by atoms with Gasteiger partial charge < -0.3 is 5.32 Å². The number of nitrogens with one attached hydrogen (secondary N) is 2. The number of halogens is 1. The highest BCUT2D eigenvalue weighted by Crippen LogP contribution is 2.23. The number of para-hydroxylation sites is 1. The molecule has 0 fully saturated rings. The minimum absolute atomic E-state index is 0.230. The van der Waals surface area contributed by atoms with Crippen molar-refractivity contribution in [2.24, 2.45) is 0 Å². The number of hydrogen-bond donors (Lipinski definition) is 2. The third-order valence-electron chi connectivity index (χ3n) is 6.42. The molecule has 0 spiro atoms. The summed E-state index contributed by atoms with van der Waals surface area (Å²) in [6.45, 7) is 2.81. The van der Waals surface area contributed by atoms with Crippen LogP contribution in [0.25, 0.3) is 10.9 Å². The molecule has 0 saturated heterocycles. The average Bonchev–Trinajstić information content (AvgIpc) is 3.15. The Labute approximate surface area is 218 Å². The number of benzene rings is 3. The summed E-state index contributed by atoms with van der Waals surface area (Å²) in [5, 5.41) is 4.41. The molecular formula is C28H26ClN5O3. The normalized spacial score (nSPS) is 13.7. The predicted molar refractivity (Wildman–Crippen MR) is 144 cm³/mol. The molecule has 1 aliphatic heterocycles. The molecule has 5 rings (SSSR count). The number of carbonyl (C=O) groups is 2. The van der Waals surface area contributed by atoms with Gasteiger partial charge in [0.1, 0.15) is 5.82 Å². The first-order chi connectivity index (χ1) is 18.0. The lowest BCUT2D eigenvalue weighted by atomic mass is 10.1. The molecule has 188 valence electrons. The van der Waals surface area contributed by atoms with E-state index in [1.165, 1.54) is 9.58 Å². The van der Waals surface area contributed by atoms with E-state index in [0.717, 1.165) is 5.69 Å². The molecule has 37 heavy (non-hydrogen) atoms. The third kappa shape index (κ3) is 4.85. The topological polar surface area (TPSA) is 96.3 Å². The fraction of sp³-hybridized carbons (Fsp3) is 0.214. The molecule has 0 saturated carbocycles. The lowest BCUT2D eigenvalue weighted by Crippen LogP contribution is -2.37. The van der Waals surface area contributed by atoms with E-state index in [-0.39, 0.29) is 23.4 Å². The number of aromatic nitrogens is 2. The summed E-state index contributed by atoms with van der Waals surface area (Å²) in [5.74, 6) is -0.00455. The van der Waals surface area contributed by atoms with Crippen LogP contribution in [-0.4, -0.2) is 39.5 Å². The number of rotatable bonds is 9. The molecule has 1 aliphatic rings. The minimum atomic E-state index is -0.269. The highest BCUT2D eigenvalue weighted by atomic mass is 35.5. The summed E-state index contributed by atoms with van der Waals surface area (Å²) < 4.78 is 1.47. The lowest BCUT2D eigenvalue weighted by Gasteiger charge is -2.23. The van der Waals surface area contributed by atoms with E-state index in [0.29, 0.717) is 58.8 Å². The van der Waals surface area contributed by atoms with Crippen molar-refractivity contribution in [2.75, 3.05) is 18.5 Å². The van der Waals surface area contributed by atoms with Gasteiger partial charge in [0.25, 0.3) is 17.4 Å². The van der Waals surface area contributed by atoms with Gasteiger partial charge in [-0.05, 0) is 61.9 Å². The van der Waals surface area contributed by atoms with Crippen molar-refractivity contribution in [1.29, 1.82) is 0 Å². The zero-order chi connectivity index (χ0) is 25.9. The largest absolute Gasteiger partial charge is 0.307 e. The van der Waals surface area contributed by atoms with Gasteiger partial charge in [0.05, 0.1) is 33.8 Å². The monoisotopic (exact) mass is 515 g/mol. The van der Waals surface area contributed by atoms with Gasteiger partial charge in [-0.15, -0.1) is 0 Å². The van der Waals surface area contributed by atoms with Gasteiger partial charge in [0.15, 0.2) is 0 Å². The van der Waals surface area contributed by atoms with Crippen molar-refractivity contribution in [3.05, 3.63) is 105 Å². The Balaban J connectivity index is 1.36. The molecule has 0 radical (unpaired) electrons. The van der Waals surface area contributed by atoms with E-state index in [4.69, 9.17) is 16.6 Å². The van der Waals surface area contributed by atoms with Gasteiger partial charge >= 0.3 is 0 Å². The first kappa shape index (κ1) is 24.7. The molecule has 0 bridgehead atoms. The zero-order valence-electron chi connectivity index (χ0n) is 20.3. The van der Waals surface area contributed by atoms with Gasteiger partial charge in [-0.25, -0.2) is 9.66 Å². The Hall–Kier alpha value is -4.01. The summed E-state index contributed by atoms with van der Waals surface area (Å²) in [6.07, 6.45) is 1.21. The van der Waals surface area contributed by atoms with Gasteiger partial charge in [0.2, 0.25) is 0 Å². The van der Waals surface area contributed by atoms with Gasteiger partial charge in [-0.1, -0.05) is 48.9 Å². The molecule has 1 unspecified atom stereocenters. The first-order valence-corrected chi connectivity index (χ1v) is 12.6. The molecule has 2 amide bonds. The van der Waals surface area contributed by atoms with Gasteiger partial charge in [-0.2, -0.15) is 0 Å². The number of fused-ring (bicyclic) bond motifs is 2. The highest BCUT2D eigenvalue weighted by Gasteiger charge is 2.34. The zero-order valence-corrected chi connectivity index (χ0v) is 21.0. The van der Waals surface area contributed by atoms with Crippen molar-refractivity contribution >= 4 is 40.0 Å². The molecule has 4 aromatic rings. The number of imide groups is 1. The highest BCUT2D eigenvalue weighted by molar-refractivity contribution is 6.31. The first-order valence-electron chi connectivity index (χ1n) is 12.2. The summed E-state index contributed by atoms with van der Waals surface area (Å²) in [5.41, 5.74) is 5.12. The van der Waals surface area contributed by atoms with Crippen LogP contribution in [0.1, 0.15) is 52.3 Å². The molecule has 3 aromatic carbocycles. The summed E-state index contributed by atoms with van der Waals surface area (Å²) >= 11 is 6.19. The third-order valence-corrected chi connectivity index (χ3v) is 6.65. The molecule has 0 aliphatic carbocycles. The average molecular weight is 516 g/mol. The number of hydrogen-bond acceptors (Lipinski definition) is 6. The van der Waals surface area contributed by atoms with E-state index in [2.05, 4.69) is 10.7 Å². The number of carbonyl (C=O) groups excluding carboxylic acids is 2. The predicted octanol–water partition coefficient (Wildman–Crippen LogP) is 4.65. The maximum atomic E-state index is 13.5. The van der Waals surface area contributed by atoms with E-state index in [9.17, 15) is 14.4 Å². The number of anilines is 1. The Morgan fingerprint density at radius 1 is 0.919 bits per heavy atom. The van der Waals surface area contributed by atoms with Crippen molar-refractivity contribution in [2.45, 2.75) is 25.8 Å². The minimum Gasteiger partial charge on any atom is -0.307 e. The fourth-order valence-electron chi connectivity index (χ4n) is 4.53. The maximum Gasteiger partial charge on any atom is 0.280 e. The van der Waals surface area contributed by atoms with Crippen LogP contribution in [0.5, 0.6) is 0 Å². The molecule has 2 heterocycles. The van der Waals surface area contributed by atoms with E-state index in [1.807, 2.05) is 37.3 Å². The Morgan fingerprint density at radius 2 is 1.59 bits per heavy atom. The van der Waals surface area contributed by atoms with Crippen molar-refractivity contribution in [3.8, 4) is 0 Å². The summed E-state index contributed by atoms with van der Waals surface area (Å²) in [4.78, 5) is 44.8. The van der Waals surface area contributed by atoms with Crippen LogP contribution in [0.15, 0.2) is 77.6 Å². The molecular weight excluding hydrogens is 490 g/mol. The second-order valence-corrected chi connectivity index (χ2v) is 9.26. The second kappa shape index (κ2) is 10.5. The Bertz CT molecular complexity index is 1500. The van der Waals surface area contributed by atoms with E-state index in [1.54, 1.807) is 42.5 Å². The van der Waals surface area contributed by atoms with E-state index < -0.39 is 0 Å². The van der Waals surface area contributed by atoms with Crippen LogP contribution in [-0.2, 0) is 0 Å². The van der Waals surface area contributed by atoms with Crippen LogP contribution in [0.3, 0.4) is 0 Å². The second-order valence-electron chi connectivity index (χ2n) is 8.83. The van der Waals surface area contributed by atoms with Crippen molar-refractivity contribution < 1.29 is 9.59 Å². The van der Waals surface area contributed by atoms with Crippen molar-refractivity contribution in [1.82, 2.24) is 19.9 Å². The van der Waals surface area contributed by atoms with Crippen molar-refractivity contribution in [3.63, 3.8) is 0 Å². The van der Waals surface area contributed by atoms with Crippen LogP contribution < -0.4 is 16.3 Å². The maximum absolute atomic E-state index is 13.5. The smallest absolute Gasteiger partial charge is 0.280 e. The molecule has 9 heteroatoms. The van der Waals surface area contributed by atoms with E-state index >= 15 is 0 Å². The van der Waals surface area contributed by atoms with Gasteiger partial charge in [0, 0.05) is 11.6 Å². The van der Waals surface area contributed by atoms with Crippen LogP contribution in [0, 0.1) is 0 Å². The standard InChI is InChI=1S/C28H26ClN5O3/c1-2-23(30-15-8-16-33-26(35)20-11-6-7-12-21(20)27(33)36)25-31-24-17-18(29)13-14-22(24)28(37)34(25)32-19-9-4-3-5-10-19/h3-7,9-14,17,23,30,32H,2,8,15-16H2,1H3. The molecule has 2 N–H and O–H groups in total. The Morgan fingerprint density at radius 3 is 2.27 bits per heavy atom. The SMILES string of the molecule is CCC(NCCCN1C(=O)c2ccccc2C1=O)c1nc2cc(Cl)ccc2c(=O)n1Nc1ccccc1. The lowest BCUT2D eigenvalue weighted by molar-refractivity contribution is 0.0652. The van der Waals surface area contributed by atoms with Crippen LogP contribution in [0.4, 0.5) is 5.69 Å². The number of amides is 2. The van der Waals surface area contributed by atoms with Crippen LogP contribution in [0.2, 0.25) is 5.02 Å². The molecule has 1 aromatic heterocycles. The quantitative estimate of drug-likeness (QED) is 0.249. The van der Waals surface area contributed by atoms with Gasteiger partial charge in [-0.3, -0.25) is 24.7 Å². The molecule has 8 nitrogen and oxygen atoms in total. The number of nitrogens with zero attached hydrogens (tertiary/aromatic N) is 3. The summed E-state index contributed by atoms with van der Waals surface area (Å²) in [6, 6.07) is 21.1. The fourth-order valence-corrected chi connectivity index (χ4v) is 4.70. The summed E-state index contributed by atoms with van der Waals surface area (Å²) in [7, 11) is 0. The molecule has 1 atom stereocenters. The Kier molecular flexibility index (Phi) is 7.03. The van der Waals surface area contributed by atoms with Crippen LogP contribution >= 0.6 is 11.6 Å².